The molecule has 3 heterocycles. The van der Waals surface area contributed by atoms with E-state index in [1.165, 1.54) is 0 Å². The van der Waals surface area contributed by atoms with Gasteiger partial charge >= 0.3 is 0 Å². The van der Waals surface area contributed by atoms with Gasteiger partial charge in [0.1, 0.15) is 5.01 Å². The molecule has 0 radical (unpaired) electrons. The van der Waals surface area contributed by atoms with E-state index in [0.717, 1.165) is 28.4 Å². The highest BCUT2D eigenvalue weighted by Gasteiger charge is 2.07. The number of nitrogens with zero attached hydrogens (tertiary/aromatic N) is 3. The molecule has 5 nitrogen and oxygen atoms in total. The van der Waals surface area contributed by atoms with Gasteiger partial charge in [-0.2, -0.15) is 0 Å². The van der Waals surface area contributed by atoms with Crippen molar-refractivity contribution in [3.63, 3.8) is 0 Å². The Morgan fingerprint density at radius 1 is 1.22 bits per heavy atom. The molecule has 0 unspecified atom stereocenters. The van der Waals surface area contributed by atoms with Crippen molar-refractivity contribution >= 4 is 28.6 Å². The number of aryl methyl sites for hydroxylation is 1. The molecule has 0 saturated carbocycles. The minimum Gasteiger partial charge on any atom is -0.356 e. The van der Waals surface area contributed by atoms with E-state index in [4.69, 9.17) is 0 Å². The summed E-state index contributed by atoms with van der Waals surface area (Å²) in [4.78, 5) is 24.7. The fourth-order valence-corrected chi connectivity index (χ4v) is 3.50. The third-order valence-electron chi connectivity index (χ3n) is 3.26. The minimum atomic E-state index is 0.0520. The zero-order valence-electron chi connectivity index (χ0n) is 12.4. The lowest BCUT2D eigenvalue weighted by atomic mass is 10.2. The number of hydrogen-bond donors (Lipinski definition) is 1. The molecular formula is C16H16N4OS2. The van der Waals surface area contributed by atoms with E-state index in [1.54, 1.807) is 40.6 Å². The summed E-state index contributed by atoms with van der Waals surface area (Å²) in [5.41, 5.74) is 4.79. The number of nitrogens with one attached hydrogen (secondary N) is 1. The monoisotopic (exact) mass is 344 g/mol. The highest BCUT2D eigenvalue weighted by molar-refractivity contribution is 7.13. The van der Waals surface area contributed by atoms with Gasteiger partial charge in [-0.05, 0) is 18.6 Å². The lowest BCUT2D eigenvalue weighted by Crippen LogP contribution is -2.25. The molecule has 3 aromatic heterocycles. The lowest BCUT2D eigenvalue weighted by Gasteiger charge is -2.03. The molecule has 0 aromatic carbocycles. The number of aromatic nitrogens is 3. The van der Waals surface area contributed by atoms with Crippen LogP contribution in [-0.4, -0.2) is 27.4 Å². The lowest BCUT2D eigenvalue weighted by molar-refractivity contribution is -0.121. The Morgan fingerprint density at radius 2 is 2.17 bits per heavy atom. The zero-order valence-corrected chi connectivity index (χ0v) is 14.1. The average Bonchev–Trinajstić information content (AvgIpc) is 3.25. The summed E-state index contributed by atoms with van der Waals surface area (Å²) >= 11 is 3.15. The second-order valence-corrected chi connectivity index (χ2v) is 6.54. The van der Waals surface area contributed by atoms with Gasteiger partial charge in [-0.1, -0.05) is 0 Å². The molecule has 3 rings (SSSR count). The average molecular weight is 344 g/mol. The van der Waals surface area contributed by atoms with Gasteiger partial charge in [0.2, 0.25) is 5.91 Å². The third-order valence-corrected chi connectivity index (χ3v) is 4.83. The van der Waals surface area contributed by atoms with Crippen LogP contribution in [-0.2, 0) is 17.6 Å². The predicted molar refractivity (Wildman–Crippen MR) is 92.5 cm³/mol. The molecule has 3 aromatic rings. The summed E-state index contributed by atoms with van der Waals surface area (Å²) in [6.45, 7) is 0.626. The fourth-order valence-electron chi connectivity index (χ4n) is 2.06. The molecule has 0 aliphatic carbocycles. The number of rotatable bonds is 7. The van der Waals surface area contributed by atoms with Crippen LogP contribution in [0, 0.1) is 0 Å². The molecule has 1 N–H and O–H groups in total. The van der Waals surface area contributed by atoms with Crippen molar-refractivity contribution in [2.24, 2.45) is 0 Å². The van der Waals surface area contributed by atoms with Crippen LogP contribution in [0.15, 0.2) is 40.8 Å². The summed E-state index contributed by atoms with van der Waals surface area (Å²) < 4.78 is 0. The Morgan fingerprint density at radius 3 is 2.96 bits per heavy atom. The molecule has 0 atom stereocenters. The quantitative estimate of drug-likeness (QED) is 0.715. The Labute approximate surface area is 142 Å². The topological polar surface area (TPSA) is 67.8 Å². The zero-order chi connectivity index (χ0) is 15.9. The first-order chi connectivity index (χ1) is 11.3. The standard InChI is InChI=1S/C16H16N4OS2/c21-15(18-7-5-13-9-22-11-19-13)4-3-14-10-23-16(20-14)12-2-1-6-17-8-12/h1-2,6,8-11H,3-5,7H2,(H,18,21). The largest absolute Gasteiger partial charge is 0.356 e. The first kappa shape index (κ1) is 15.8. The van der Waals surface area contributed by atoms with Crippen LogP contribution in [0.3, 0.4) is 0 Å². The van der Waals surface area contributed by atoms with Gasteiger partial charge in [-0.3, -0.25) is 9.78 Å². The van der Waals surface area contributed by atoms with Crippen LogP contribution in [0.5, 0.6) is 0 Å². The number of pyridine rings is 1. The van der Waals surface area contributed by atoms with E-state index in [2.05, 4.69) is 20.3 Å². The van der Waals surface area contributed by atoms with Crippen molar-refractivity contribution in [1.29, 1.82) is 0 Å². The second kappa shape index (κ2) is 7.94. The normalized spacial score (nSPS) is 10.6. The first-order valence-electron chi connectivity index (χ1n) is 7.30. The highest BCUT2D eigenvalue weighted by Crippen LogP contribution is 2.23. The molecule has 1 amide bonds. The van der Waals surface area contributed by atoms with Crippen LogP contribution in [0.2, 0.25) is 0 Å². The molecule has 0 aliphatic heterocycles. The summed E-state index contributed by atoms with van der Waals surface area (Å²) in [5.74, 6) is 0.0520. The van der Waals surface area contributed by atoms with Crippen molar-refractivity contribution in [3.8, 4) is 10.6 Å². The van der Waals surface area contributed by atoms with Crippen molar-refractivity contribution in [1.82, 2.24) is 20.3 Å². The second-order valence-electron chi connectivity index (χ2n) is 4.97. The van der Waals surface area contributed by atoms with Crippen LogP contribution in [0.25, 0.3) is 10.6 Å². The molecule has 0 fully saturated rings. The Hall–Kier alpha value is -2.12. The molecule has 0 spiro atoms. The van der Waals surface area contributed by atoms with E-state index in [1.807, 2.05) is 22.9 Å². The number of amides is 1. The summed E-state index contributed by atoms with van der Waals surface area (Å²) in [7, 11) is 0. The van der Waals surface area contributed by atoms with Crippen LogP contribution < -0.4 is 5.32 Å². The molecule has 118 valence electrons. The van der Waals surface area contributed by atoms with E-state index >= 15 is 0 Å². The molecule has 0 bridgehead atoms. The minimum absolute atomic E-state index is 0.0520. The maximum Gasteiger partial charge on any atom is 0.220 e. The van der Waals surface area contributed by atoms with Crippen molar-refractivity contribution in [3.05, 3.63) is 52.2 Å². The SMILES string of the molecule is O=C(CCc1csc(-c2cccnc2)n1)NCCc1cscn1. The smallest absolute Gasteiger partial charge is 0.220 e. The number of carbonyl (C=O) groups excluding carboxylic acids is 1. The molecule has 7 heteroatoms. The van der Waals surface area contributed by atoms with Gasteiger partial charge in [0.15, 0.2) is 0 Å². The van der Waals surface area contributed by atoms with Gasteiger partial charge in [-0.15, -0.1) is 22.7 Å². The van der Waals surface area contributed by atoms with Crippen LogP contribution in [0.4, 0.5) is 0 Å². The van der Waals surface area contributed by atoms with Gasteiger partial charge < -0.3 is 5.32 Å². The maximum absolute atomic E-state index is 11.9. The van der Waals surface area contributed by atoms with Crippen molar-refractivity contribution in [2.45, 2.75) is 19.3 Å². The number of thiazole rings is 2. The van der Waals surface area contributed by atoms with Crippen LogP contribution in [0.1, 0.15) is 17.8 Å². The molecule has 23 heavy (non-hydrogen) atoms. The van der Waals surface area contributed by atoms with Gasteiger partial charge in [-0.25, -0.2) is 9.97 Å². The fraction of sp³-hybridized carbons (Fsp3) is 0.250. The summed E-state index contributed by atoms with van der Waals surface area (Å²) in [6, 6.07) is 3.88. The molecule has 0 aliphatic rings. The highest BCUT2D eigenvalue weighted by atomic mass is 32.1. The Balaban J connectivity index is 1.43. The molecule has 0 saturated heterocycles. The number of hydrogen-bond acceptors (Lipinski definition) is 6. The van der Waals surface area contributed by atoms with Crippen LogP contribution >= 0.6 is 22.7 Å². The van der Waals surface area contributed by atoms with E-state index in [0.29, 0.717) is 19.4 Å². The summed E-state index contributed by atoms with van der Waals surface area (Å²) in [6.07, 6.45) is 5.42. The maximum atomic E-state index is 11.9. The van der Waals surface area contributed by atoms with E-state index in [-0.39, 0.29) is 5.91 Å². The summed E-state index contributed by atoms with van der Waals surface area (Å²) in [5, 5.41) is 7.87. The first-order valence-corrected chi connectivity index (χ1v) is 9.12. The van der Waals surface area contributed by atoms with Crippen molar-refractivity contribution in [2.75, 3.05) is 6.54 Å². The molecular weight excluding hydrogens is 328 g/mol. The number of carbonyl (C=O) groups is 1. The Kier molecular flexibility index (Phi) is 5.44. The van der Waals surface area contributed by atoms with E-state index < -0.39 is 0 Å². The van der Waals surface area contributed by atoms with Crippen molar-refractivity contribution < 1.29 is 4.79 Å². The Bertz CT molecular complexity index is 741. The van der Waals surface area contributed by atoms with E-state index in [9.17, 15) is 4.79 Å². The van der Waals surface area contributed by atoms with Gasteiger partial charge in [0.05, 0.1) is 16.9 Å². The van der Waals surface area contributed by atoms with Gasteiger partial charge in [0, 0.05) is 48.1 Å². The predicted octanol–water partition coefficient (Wildman–Crippen LogP) is 2.95. The van der Waals surface area contributed by atoms with Gasteiger partial charge in [0.25, 0.3) is 0 Å². The third kappa shape index (κ3) is 4.67.